The van der Waals surface area contributed by atoms with Crippen LogP contribution in [0.15, 0.2) is 76.0 Å². The van der Waals surface area contributed by atoms with Crippen molar-refractivity contribution in [1.29, 1.82) is 0 Å². The molecule has 160 valence electrons. The molecule has 2 aromatic carbocycles. The van der Waals surface area contributed by atoms with Gasteiger partial charge in [0.2, 0.25) is 0 Å². The lowest BCUT2D eigenvalue weighted by molar-refractivity contribution is 0.0670. The molecule has 0 aromatic heterocycles. The van der Waals surface area contributed by atoms with Crippen LogP contribution in [0.25, 0.3) is 0 Å². The van der Waals surface area contributed by atoms with Gasteiger partial charge in [-0.3, -0.25) is 4.18 Å². The highest BCUT2D eigenvalue weighted by Gasteiger charge is 2.52. The van der Waals surface area contributed by atoms with Crippen LogP contribution in [0, 0.1) is 17.8 Å². The molecule has 3 nitrogen and oxygen atoms in total. The summed E-state index contributed by atoms with van der Waals surface area (Å²) in [6.07, 6.45) is 5.77. The van der Waals surface area contributed by atoms with Crippen molar-refractivity contribution >= 4 is 21.9 Å². The highest BCUT2D eigenvalue weighted by molar-refractivity contribution is 7.99. The molecular weight excluding hydrogens is 412 g/mol. The maximum atomic E-state index is 12.9. The molecule has 1 fully saturated rings. The Morgan fingerprint density at radius 1 is 1.03 bits per heavy atom. The van der Waals surface area contributed by atoms with Crippen LogP contribution in [0.3, 0.4) is 0 Å². The molecule has 3 atom stereocenters. The average molecular weight is 443 g/mol. The molecular formula is C25H30O3S2. The van der Waals surface area contributed by atoms with Crippen molar-refractivity contribution in [3.05, 3.63) is 71.8 Å². The first-order valence-corrected chi connectivity index (χ1v) is 13.0. The molecule has 1 saturated carbocycles. The number of aryl methyl sites for hydroxylation is 1. The van der Waals surface area contributed by atoms with Gasteiger partial charge in [0, 0.05) is 16.1 Å². The molecule has 2 aliphatic rings. The standard InChI is InChI=1S/C25H30O3S2/c1-19-10-12-21(13-11-19)30(26,27)28-23-15-14-22-24(2,16-7-17-25(22,23)3)18-29-20-8-5-4-6-9-20/h4-6,8-14,23H,7,15-18H2,1-3H3/t23-,24-,25-/m0/s1. The van der Waals surface area contributed by atoms with Gasteiger partial charge in [-0.1, -0.05) is 67.8 Å². The fourth-order valence-corrected chi connectivity index (χ4v) is 7.38. The minimum atomic E-state index is -3.78. The number of benzene rings is 2. The summed E-state index contributed by atoms with van der Waals surface area (Å²) in [5, 5.41) is 0. The Bertz CT molecular complexity index is 1030. The van der Waals surface area contributed by atoms with E-state index < -0.39 is 10.1 Å². The van der Waals surface area contributed by atoms with E-state index in [1.54, 1.807) is 12.1 Å². The number of fused-ring (bicyclic) bond motifs is 1. The summed E-state index contributed by atoms with van der Waals surface area (Å²) in [6.45, 7) is 6.48. The summed E-state index contributed by atoms with van der Waals surface area (Å²) in [5.74, 6) is 0.996. The van der Waals surface area contributed by atoms with Crippen LogP contribution >= 0.6 is 11.8 Å². The molecule has 0 saturated heterocycles. The maximum Gasteiger partial charge on any atom is 0.297 e. The van der Waals surface area contributed by atoms with E-state index >= 15 is 0 Å². The van der Waals surface area contributed by atoms with Gasteiger partial charge in [0.15, 0.2) is 0 Å². The number of thioether (sulfide) groups is 1. The molecule has 0 radical (unpaired) electrons. The fraction of sp³-hybridized carbons (Fsp3) is 0.440. The van der Waals surface area contributed by atoms with Crippen molar-refractivity contribution in [1.82, 2.24) is 0 Å². The SMILES string of the molecule is Cc1ccc(S(=O)(=O)O[C@H]2CC=C3[C@](C)(CSc4ccccc4)CCC[C@@]32C)cc1. The zero-order chi connectivity index (χ0) is 21.4. The van der Waals surface area contributed by atoms with E-state index in [-0.39, 0.29) is 21.8 Å². The second-order valence-electron chi connectivity index (χ2n) is 9.14. The monoisotopic (exact) mass is 442 g/mol. The van der Waals surface area contributed by atoms with E-state index in [2.05, 4.69) is 44.2 Å². The van der Waals surface area contributed by atoms with Gasteiger partial charge in [0.05, 0.1) is 11.0 Å². The third-order valence-electron chi connectivity index (χ3n) is 6.79. The second-order valence-corrected chi connectivity index (χ2v) is 11.8. The molecule has 4 rings (SSSR count). The summed E-state index contributed by atoms with van der Waals surface area (Å²) in [5.41, 5.74) is 2.24. The third kappa shape index (κ3) is 4.12. The highest BCUT2D eigenvalue weighted by atomic mass is 32.2. The van der Waals surface area contributed by atoms with Gasteiger partial charge in [-0.2, -0.15) is 8.42 Å². The lowest BCUT2D eigenvalue weighted by Crippen LogP contribution is -2.43. The van der Waals surface area contributed by atoms with Gasteiger partial charge < -0.3 is 0 Å². The minimum Gasteiger partial charge on any atom is -0.262 e. The topological polar surface area (TPSA) is 43.4 Å². The van der Waals surface area contributed by atoms with Gasteiger partial charge in [0.25, 0.3) is 10.1 Å². The molecule has 0 heterocycles. The van der Waals surface area contributed by atoms with Gasteiger partial charge in [0.1, 0.15) is 0 Å². The van der Waals surface area contributed by atoms with Crippen LogP contribution < -0.4 is 0 Å². The van der Waals surface area contributed by atoms with Crippen molar-refractivity contribution in [3.63, 3.8) is 0 Å². The summed E-state index contributed by atoms with van der Waals surface area (Å²) in [6, 6.07) is 17.4. The van der Waals surface area contributed by atoms with Crippen LogP contribution in [0.1, 0.15) is 45.1 Å². The Morgan fingerprint density at radius 2 is 1.73 bits per heavy atom. The van der Waals surface area contributed by atoms with Gasteiger partial charge in [-0.05, 0) is 55.9 Å². The summed E-state index contributed by atoms with van der Waals surface area (Å²) < 4.78 is 31.7. The first-order chi connectivity index (χ1) is 14.2. The minimum absolute atomic E-state index is 0.0548. The zero-order valence-electron chi connectivity index (χ0n) is 17.9. The van der Waals surface area contributed by atoms with E-state index in [0.29, 0.717) is 6.42 Å². The normalized spacial score (nSPS) is 28.8. The Balaban J connectivity index is 1.52. The molecule has 30 heavy (non-hydrogen) atoms. The second kappa shape index (κ2) is 8.18. The molecule has 0 bridgehead atoms. The van der Waals surface area contributed by atoms with E-state index in [9.17, 15) is 8.42 Å². The number of rotatable bonds is 6. The summed E-state index contributed by atoms with van der Waals surface area (Å²) >= 11 is 1.89. The van der Waals surface area contributed by atoms with Crippen LogP contribution in [0.4, 0.5) is 0 Å². The molecule has 2 aliphatic carbocycles. The Hall–Kier alpha value is -1.56. The molecule has 0 amide bonds. The average Bonchev–Trinajstić information content (AvgIpc) is 3.05. The Morgan fingerprint density at radius 3 is 2.43 bits per heavy atom. The molecule has 0 N–H and O–H groups in total. The van der Waals surface area contributed by atoms with Crippen LogP contribution in [0.2, 0.25) is 0 Å². The lowest BCUT2D eigenvalue weighted by Gasteiger charge is -2.47. The highest BCUT2D eigenvalue weighted by Crippen LogP contribution is 2.58. The number of hydrogen-bond donors (Lipinski definition) is 0. The van der Waals surface area contributed by atoms with E-state index in [1.165, 1.54) is 10.5 Å². The van der Waals surface area contributed by atoms with Crippen LogP contribution in [-0.2, 0) is 14.3 Å². The van der Waals surface area contributed by atoms with Gasteiger partial charge in [-0.25, -0.2) is 0 Å². The molecule has 5 heteroatoms. The summed E-state index contributed by atoms with van der Waals surface area (Å²) in [4.78, 5) is 1.52. The van der Waals surface area contributed by atoms with E-state index in [0.717, 1.165) is 30.6 Å². The molecule has 2 aromatic rings. The maximum absolute atomic E-state index is 12.9. The van der Waals surface area contributed by atoms with Crippen molar-refractivity contribution in [2.75, 3.05) is 5.75 Å². The Kier molecular flexibility index (Phi) is 5.90. The fourth-order valence-electron chi connectivity index (χ4n) is 5.07. The van der Waals surface area contributed by atoms with Crippen molar-refractivity contribution in [2.45, 2.75) is 62.3 Å². The smallest absolute Gasteiger partial charge is 0.262 e. The Labute approximate surface area is 185 Å². The van der Waals surface area contributed by atoms with Crippen LogP contribution in [0.5, 0.6) is 0 Å². The molecule has 0 spiro atoms. The zero-order valence-corrected chi connectivity index (χ0v) is 19.6. The lowest BCUT2D eigenvalue weighted by atomic mass is 9.61. The van der Waals surface area contributed by atoms with Crippen molar-refractivity contribution in [2.24, 2.45) is 10.8 Å². The first-order valence-electron chi connectivity index (χ1n) is 10.6. The molecule has 0 aliphatic heterocycles. The quantitative estimate of drug-likeness (QED) is 0.295. The third-order valence-corrected chi connectivity index (χ3v) is 9.51. The predicted octanol–water partition coefficient (Wildman–Crippen LogP) is 6.39. The first kappa shape index (κ1) is 21.7. The van der Waals surface area contributed by atoms with Crippen molar-refractivity contribution in [3.8, 4) is 0 Å². The largest absolute Gasteiger partial charge is 0.297 e. The van der Waals surface area contributed by atoms with Gasteiger partial charge >= 0.3 is 0 Å². The van der Waals surface area contributed by atoms with E-state index in [4.69, 9.17) is 4.18 Å². The summed E-state index contributed by atoms with van der Waals surface area (Å²) in [7, 11) is -3.78. The predicted molar refractivity (Wildman–Crippen MR) is 123 cm³/mol. The molecule has 0 unspecified atom stereocenters. The number of hydrogen-bond acceptors (Lipinski definition) is 4. The van der Waals surface area contributed by atoms with Gasteiger partial charge in [-0.15, -0.1) is 11.8 Å². The van der Waals surface area contributed by atoms with E-state index in [1.807, 2.05) is 36.9 Å². The van der Waals surface area contributed by atoms with Crippen molar-refractivity contribution < 1.29 is 12.6 Å². The van der Waals surface area contributed by atoms with Crippen LogP contribution in [-0.4, -0.2) is 20.3 Å².